The Kier molecular flexibility index (Phi) is 6.08. The summed E-state index contributed by atoms with van der Waals surface area (Å²) in [5.41, 5.74) is 0. The van der Waals surface area contributed by atoms with Crippen molar-refractivity contribution in [3.05, 3.63) is 0 Å². The minimum absolute atomic E-state index is 0.00408. The van der Waals surface area contributed by atoms with E-state index in [1.165, 1.54) is 0 Å². The van der Waals surface area contributed by atoms with Crippen LogP contribution in [-0.4, -0.2) is 30.9 Å². The average Bonchev–Trinajstić information content (AvgIpc) is 2.21. The van der Waals surface area contributed by atoms with Gasteiger partial charge in [0.1, 0.15) is 18.3 Å². The molecule has 0 bridgehead atoms. The van der Waals surface area contributed by atoms with Crippen molar-refractivity contribution in [1.29, 1.82) is 0 Å². The third kappa shape index (κ3) is 5.85. The Hall–Kier alpha value is -0.900. The molecule has 4 heteroatoms. The molecule has 0 aromatic heterocycles. The van der Waals surface area contributed by atoms with Crippen LogP contribution in [0.4, 0.5) is 0 Å². The van der Waals surface area contributed by atoms with Gasteiger partial charge in [-0.25, -0.2) is 0 Å². The van der Waals surface area contributed by atoms with Crippen LogP contribution in [0.1, 0.15) is 45.4 Å². The molecule has 92 valence electrons. The van der Waals surface area contributed by atoms with Crippen LogP contribution in [0, 0.1) is 0 Å². The Bertz CT molecular complexity index is 240. The summed E-state index contributed by atoms with van der Waals surface area (Å²) in [4.78, 5) is 22.7. The number of carbonyl (C=O) groups excluding carboxylic acids is 2. The molecule has 0 saturated carbocycles. The number of hydrogen-bond donors (Lipinski definition) is 1. The van der Waals surface area contributed by atoms with Crippen molar-refractivity contribution in [2.45, 2.75) is 51.6 Å². The first-order valence-corrected chi connectivity index (χ1v) is 6.10. The van der Waals surface area contributed by atoms with Gasteiger partial charge in [-0.1, -0.05) is 12.8 Å². The lowest BCUT2D eigenvalue weighted by molar-refractivity contribution is -0.150. The lowest BCUT2D eigenvalue weighted by Gasteiger charge is -2.13. The Morgan fingerprint density at radius 1 is 1.19 bits per heavy atom. The highest BCUT2D eigenvalue weighted by molar-refractivity contribution is 5.95. The number of rotatable bonds is 0. The zero-order chi connectivity index (χ0) is 11.8. The second-order valence-electron chi connectivity index (χ2n) is 4.38. The van der Waals surface area contributed by atoms with E-state index in [0.29, 0.717) is 13.0 Å². The van der Waals surface area contributed by atoms with Gasteiger partial charge in [-0.15, -0.1) is 0 Å². The second-order valence-corrected chi connectivity index (χ2v) is 4.38. The molecular weight excluding hydrogens is 206 g/mol. The minimum Gasteiger partial charge on any atom is -0.461 e. The van der Waals surface area contributed by atoms with Crippen LogP contribution < -0.4 is 5.32 Å². The maximum absolute atomic E-state index is 11.4. The van der Waals surface area contributed by atoms with Gasteiger partial charge in [0, 0.05) is 13.0 Å². The zero-order valence-electron chi connectivity index (χ0n) is 9.96. The van der Waals surface area contributed by atoms with Crippen molar-refractivity contribution in [3.63, 3.8) is 0 Å². The molecule has 16 heavy (non-hydrogen) atoms. The second kappa shape index (κ2) is 7.39. The molecule has 4 nitrogen and oxygen atoms in total. The molecule has 1 fully saturated rings. The van der Waals surface area contributed by atoms with E-state index in [1.54, 1.807) is 0 Å². The van der Waals surface area contributed by atoms with Gasteiger partial charge in [-0.05, 0) is 26.3 Å². The number of Topliss-reactive ketones (excluding diaryl/α,β-unsaturated/α-hetero) is 1. The first-order chi connectivity index (χ1) is 7.68. The smallest absolute Gasteiger partial charge is 0.313 e. The number of esters is 1. The predicted octanol–water partition coefficient (Wildman–Crippen LogP) is 1.43. The summed E-state index contributed by atoms with van der Waals surface area (Å²) in [6, 6.07) is 0. The predicted molar refractivity (Wildman–Crippen MR) is 61.1 cm³/mol. The van der Waals surface area contributed by atoms with Crippen molar-refractivity contribution in [3.8, 4) is 0 Å². The van der Waals surface area contributed by atoms with E-state index in [0.717, 1.165) is 32.2 Å². The Morgan fingerprint density at radius 2 is 1.94 bits per heavy atom. The number of ether oxygens (including phenoxy) is 1. The molecule has 0 amide bonds. The quantitative estimate of drug-likeness (QED) is 0.502. The minimum atomic E-state index is -0.390. The molecule has 1 heterocycles. The van der Waals surface area contributed by atoms with Gasteiger partial charge >= 0.3 is 5.97 Å². The summed E-state index contributed by atoms with van der Waals surface area (Å²) >= 11 is 0. The van der Waals surface area contributed by atoms with Crippen LogP contribution in [-0.2, 0) is 14.3 Å². The molecule has 0 aromatic carbocycles. The van der Waals surface area contributed by atoms with Gasteiger partial charge in [-0.2, -0.15) is 0 Å². The van der Waals surface area contributed by atoms with E-state index >= 15 is 0 Å². The molecule has 1 aliphatic heterocycles. The summed E-state index contributed by atoms with van der Waals surface area (Å²) in [7, 11) is 0. The molecule has 0 aromatic rings. The summed E-state index contributed by atoms with van der Waals surface area (Å²) in [5, 5.41) is 3.24. The van der Waals surface area contributed by atoms with Gasteiger partial charge in [-0.3, -0.25) is 9.59 Å². The van der Waals surface area contributed by atoms with Gasteiger partial charge in [0.25, 0.3) is 0 Å². The van der Waals surface area contributed by atoms with Crippen LogP contribution in [0.2, 0.25) is 0 Å². The maximum Gasteiger partial charge on any atom is 0.313 e. The Morgan fingerprint density at radius 3 is 2.75 bits per heavy atom. The first-order valence-electron chi connectivity index (χ1n) is 6.10. The molecule has 1 N–H and O–H groups in total. The van der Waals surface area contributed by atoms with Crippen LogP contribution in [0.5, 0.6) is 0 Å². The summed E-state index contributed by atoms with van der Waals surface area (Å²) in [6.45, 7) is 3.46. The molecule has 1 atom stereocenters. The number of ketones is 1. The van der Waals surface area contributed by atoms with E-state index in [9.17, 15) is 9.59 Å². The van der Waals surface area contributed by atoms with Gasteiger partial charge < -0.3 is 10.1 Å². The normalized spacial score (nSPS) is 26.2. The van der Waals surface area contributed by atoms with Crippen molar-refractivity contribution in [2.75, 3.05) is 13.1 Å². The SMILES string of the molecule is CC1CNCCCCCCC(=O)CC(=O)O1. The number of hydrogen-bond acceptors (Lipinski definition) is 4. The fraction of sp³-hybridized carbons (Fsp3) is 0.833. The highest BCUT2D eigenvalue weighted by atomic mass is 16.5. The molecular formula is C12H21NO3. The standard InChI is InChI=1S/C12H21NO3/c1-10-9-13-7-5-3-2-4-6-11(14)8-12(15)16-10/h10,13H,2-9H2,1H3. The Labute approximate surface area is 96.7 Å². The van der Waals surface area contributed by atoms with Crippen molar-refractivity contribution in [1.82, 2.24) is 5.32 Å². The van der Waals surface area contributed by atoms with E-state index in [1.807, 2.05) is 6.92 Å². The van der Waals surface area contributed by atoms with E-state index in [2.05, 4.69) is 5.32 Å². The van der Waals surface area contributed by atoms with Crippen LogP contribution in [0.25, 0.3) is 0 Å². The monoisotopic (exact) mass is 227 g/mol. The number of nitrogens with one attached hydrogen (secondary N) is 1. The third-order valence-electron chi connectivity index (χ3n) is 2.67. The van der Waals surface area contributed by atoms with Crippen LogP contribution >= 0.6 is 0 Å². The van der Waals surface area contributed by atoms with E-state index < -0.39 is 5.97 Å². The van der Waals surface area contributed by atoms with Crippen molar-refractivity contribution in [2.24, 2.45) is 0 Å². The molecule has 0 radical (unpaired) electrons. The molecule has 1 saturated heterocycles. The molecule has 0 aliphatic carbocycles. The highest BCUT2D eigenvalue weighted by Gasteiger charge is 2.14. The fourth-order valence-corrected chi connectivity index (χ4v) is 1.79. The lowest BCUT2D eigenvalue weighted by Crippen LogP contribution is -2.29. The molecule has 1 aliphatic rings. The lowest BCUT2D eigenvalue weighted by atomic mass is 10.1. The van der Waals surface area contributed by atoms with E-state index in [4.69, 9.17) is 4.74 Å². The highest BCUT2D eigenvalue weighted by Crippen LogP contribution is 2.06. The topological polar surface area (TPSA) is 55.4 Å². The maximum atomic E-state index is 11.4. The van der Waals surface area contributed by atoms with Crippen LogP contribution in [0.15, 0.2) is 0 Å². The van der Waals surface area contributed by atoms with E-state index in [-0.39, 0.29) is 18.3 Å². The Balaban J connectivity index is 2.39. The number of cyclic esters (lactones) is 1. The third-order valence-corrected chi connectivity index (χ3v) is 2.67. The number of carbonyl (C=O) groups is 2. The fourth-order valence-electron chi connectivity index (χ4n) is 1.79. The largest absolute Gasteiger partial charge is 0.461 e. The van der Waals surface area contributed by atoms with Crippen LogP contribution in [0.3, 0.4) is 0 Å². The van der Waals surface area contributed by atoms with Gasteiger partial charge in [0.2, 0.25) is 0 Å². The van der Waals surface area contributed by atoms with Gasteiger partial charge in [0.15, 0.2) is 0 Å². The molecule has 1 rings (SSSR count). The van der Waals surface area contributed by atoms with Crippen molar-refractivity contribution < 1.29 is 14.3 Å². The first kappa shape index (κ1) is 13.2. The summed E-state index contributed by atoms with van der Waals surface area (Å²) in [6.07, 6.45) is 4.51. The zero-order valence-corrected chi connectivity index (χ0v) is 9.96. The summed E-state index contributed by atoms with van der Waals surface area (Å²) in [5.74, 6) is -0.386. The molecule has 0 spiro atoms. The summed E-state index contributed by atoms with van der Waals surface area (Å²) < 4.78 is 5.11. The van der Waals surface area contributed by atoms with Crippen molar-refractivity contribution >= 4 is 11.8 Å². The van der Waals surface area contributed by atoms with Gasteiger partial charge in [0.05, 0.1) is 0 Å². The average molecular weight is 227 g/mol. The molecule has 1 unspecified atom stereocenters.